The molecule has 2 unspecified atom stereocenters. The zero-order valence-electron chi connectivity index (χ0n) is 16.3. The molecule has 3 rings (SSSR count). The van der Waals surface area contributed by atoms with Gasteiger partial charge in [0.05, 0.1) is 4.90 Å². The van der Waals surface area contributed by atoms with Crippen LogP contribution >= 0.6 is 0 Å². The highest BCUT2D eigenvalue weighted by molar-refractivity contribution is 7.89. The van der Waals surface area contributed by atoms with E-state index in [2.05, 4.69) is 11.6 Å². The van der Waals surface area contributed by atoms with Crippen LogP contribution in [0.1, 0.15) is 61.4 Å². The second-order valence-corrected chi connectivity index (χ2v) is 9.78. The van der Waals surface area contributed by atoms with Crippen LogP contribution in [-0.4, -0.2) is 44.4 Å². The van der Waals surface area contributed by atoms with E-state index in [0.717, 1.165) is 38.5 Å². The molecule has 1 heterocycles. The number of carbonyl (C=O) groups excluding carboxylic acids is 1. The fourth-order valence-electron chi connectivity index (χ4n) is 4.26. The summed E-state index contributed by atoms with van der Waals surface area (Å²) in [5, 5.41) is 0. The monoisotopic (exact) mass is 393 g/mol. The molecule has 1 aliphatic carbocycles. The third kappa shape index (κ3) is 4.52. The van der Waals surface area contributed by atoms with Crippen LogP contribution in [0.4, 0.5) is 0 Å². The molecule has 0 radical (unpaired) electrons. The molecule has 1 saturated carbocycles. The molecule has 7 heteroatoms. The molecule has 1 aliphatic heterocycles. The average Bonchev–Trinajstić information content (AvgIpc) is 3.13. The van der Waals surface area contributed by atoms with Gasteiger partial charge in [-0.1, -0.05) is 25.8 Å². The normalized spacial score (nSPS) is 24.3. The first kappa shape index (κ1) is 20.3. The Morgan fingerprint density at radius 1 is 1.26 bits per heavy atom. The lowest BCUT2D eigenvalue weighted by Gasteiger charge is -2.38. The van der Waals surface area contributed by atoms with Crippen LogP contribution in [0, 0.1) is 12.8 Å². The maximum atomic E-state index is 13.1. The quantitative estimate of drug-likeness (QED) is 0.803. The molecule has 0 bridgehead atoms. The number of benzene rings is 1. The van der Waals surface area contributed by atoms with Crippen LogP contribution in [0.25, 0.3) is 0 Å². The van der Waals surface area contributed by atoms with Crippen LogP contribution in [0.2, 0.25) is 0 Å². The molecular formula is C20H31N3O3S. The van der Waals surface area contributed by atoms with E-state index in [9.17, 15) is 13.2 Å². The molecule has 6 nitrogen and oxygen atoms in total. The third-order valence-electron chi connectivity index (χ3n) is 5.91. The van der Waals surface area contributed by atoms with E-state index >= 15 is 0 Å². The van der Waals surface area contributed by atoms with E-state index < -0.39 is 10.0 Å². The van der Waals surface area contributed by atoms with Gasteiger partial charge in [0.25, 0.3) is 5.91 Å². The molecule has 2 atom stereocenters. The summed E-state index contributed by atoms with van der Waals surface area (Å²) in [6.07, 6.45) is 5.70. The number of nitrogens with zero attached hydrogens (tertiary/aromatic N) is 1. The van der Waals surface area contributed by atoms with E-state index in [4.69, 9.17) is 5.73 Å². The molecule has 2 aliphatic rings. The lowest BCUT2D eigenvalue weighted by molar-refractivity contribution is 0.0573. The predicted octanol–water partition coefficient (Wildman–Crippen LogP) is 2.42. The molecule has 1 aromatic rings. The van der Waals surface area contributed by atoms with E-state index in [1.54, 1.807) is 19.1 Å². The van der Waals surface area contributed by atoms with E-state index in [1.807, 2.05) is 4.90 Å². The largest absolute Gasteiger partial charge is 0.334 e. The van der Waals surface area contributed by atoms with Gasteiger partial charge in [-0.25, -0.2) is 13.1 Å². The van der Waals surface area contributed by atoms with Crippen molar-refractivity contribution in [1.82, 2.24) is 9.62 Å². The van der Waals surface area contributed by atoms with Crippen LogP contribution in [0.5, 0.6) is 0 Å². The van der Waals surface area contributed by atoms with Gasteiger partial charge in [0, 0.05) is 30.7 Å². The minimum absolute atomic E-state index is 0.000963. The topological polar surface area (TPSA) is 92.5 Å². The van der Waals surface area contributed by atoms with Gasteiger partial charge in [0.15, 0.2) is 0 Å². The molecule has 1 amide bonds. The van der Waals surface area contributed by atoms with Crippen molar-refractivity contribution in [3.63, 3.8) is 0 Å². The molecule has 27 heavy (non-hydrogen) atoms. The summed E-state index contributed by atoms with van der Waals surface area (Å²) in [7, 11) is -3.63. The van der Waals surface area contributed by atoms with Crippen molar-refractivity contribution in [3.8, 4) is 0 Å². The Bertz CT molecular complexity index is 788. The lowest BCUT2D eigenvalue weighted by Crippen LogP contribution is -2.49. The van der Waals surface area contributed by atoms with Crippen molar-refractivity contribution in [2.24, 2.45) is 11.7 Å². The molecule has 0 aromatic heterocycles. The van der Waals surface area contributed by atoms with Crippen LogP contribution in [0.3, 0.4) is 0 Å². The number of nitrogens with two attached hydrogens (primary N) is 1. The first-order valence-corrected chi connectivity index (χ1v) is 11.4. The van der Waals surface area contributed by atoms with Gasteiger partial charge in [-0.15, -0.1) is 0 Å². The minimum Gasteiger partial charge on any atom is -0.334 e. The van der Waals surface area contributed by atoms with Gasteiger partial charge in [-0.3, -0.25) is 4.79 Å². The zero-order chi connectivity index (χ0) is 19.6. The maximum Gasteiger partial charge on any atom is 0.254 e. The SMILES string of the molecule is Cc1ccc(C(=O)N2CCC(C)CC2CN)cc1S(=O)(=O)NC1CCCC1. The van der Waals surface area contributed by atoms with E-state index in [1.165, 1.54) is 6.07 Å². The molecule has 3 N–H and O–H groups in total. The number of piperidine rings is 1. The summed E-state index contributed by atoms with van der Waals surface area (Å²) < 4.78 is 28.5. The summed E-state index contributed by atoms with van der Waals surface area (Å²) in [6.45, 7) is 5.03. The Morgan fingerprint density at radius 2 is 1.96 bits per heavy atom. The number of rotatable bonds is 5. The number of likely N-dealkylation sites (tertiary alicyclic amines) is 1. The van der Waals surface area contributed by atoms with Gasteiger partial charge in [0.2, 0.25) is 10.0 Å². The zero-order valence-corrected chi connectivity index (χ0v) is 17.1. The number of aryl methyl sites for hydroxylation is 1. The Morgan fingerprint density at radius 3 is 2.63 bits per heavy atom. The summed E-state index contributed by atoms with van der Waals surface area (Å²) >= 11 is 0. The number of hydrogen-bond donors (Lipinski definition) is 2. The first-order valence-electron chi connectivity index (χ1n) is 9.96. The highest BCUT2D eigenvalue weighted by atomic mass is 32.2. The van der Waals surface area contributed by atoms with E-state index in [0.29, 0.717) is 30.1 Å². The standard InChI is InChI=1S/C20H31N3O3S/c1-14-9-10-23(18(11-14)13-21)20(24)16-8-7-15(2)19(12-16)27(25,26)22-17-5-3-4-6-17/h7-8,12,14,17-18,22H,3-6,9-11,13,21H2,1-2H3. The number of hydrogen-bond acceptors (Lipinski definition) is 4. The first-order chi connectivity index (χ1) is 12.8. The highest BCUT2D eigenvalue weighted by Crippen LogP contribution is 2.26. The summed E-state index contributed by atoms with van der Waals surface area (Å²) in [6, 6.07) is 4.98. The van der Waals surface area contributed by atoms with Crippen LogP contribution < -0.4 is 10.5 Å². The van der Waals surface area contributed by atoms with Crippen LogP contribution in [0.15, 0.2) is 23.1 Å². The number of nitrogens with one attached hydrogen (secondary N) is 1. The predicted molar refractivity (Wildman–Crippen MR) is 106 cm³/mol. The summed E-state index contributed by atoms with van der Waals surface area (Å²) in [4.78, 5) is 15.1. The molecule has 1 saturated heterocycles. The van der Waals surface area contributed by atoms with Crippen molar-refractivity contribution in [3.05, 3.63) is 29.3 Å². The smallest absolute Gasteiger partial charge is 0.254 e. The Hall–Kier alpha value is -1.44. The van der Waals surface area contributed by atoms with Crippen molar-refractivity contribution in [2.75, 3.05) is 13.1 Å². The fraction of sp³-hybridized carbons (Fsp3) is 0.650. The fourth-order valence-corrected chi connectivity index (χ4v) is 5.83. The second kappa shape index (κ2) is 8.29. The number of carbonyl (C=O) groups is 1. The molecule has 1 aromatic carbocycles. The minimum atomic E-state index is -3.63. The summed E-state index contributed by atoms with van der Waals surface area (Å²) in [5.74, 6) is 0.418. The van der Waals surface area contributed by atoms with Gasteiger partial charge in [0.1, 0.15) is 0 Å². The van der Waals surface area contributed by atoms with Crippen LogP contribution in [-0.2, 0) is 10.0 Å². The van der Waals surface area contributed by atoms with E-state index in [-0.39, 0.29) is 22.9 Å². The van der Waals surface area contributed by atoms with Crippen molar-refractivity contribution < 1.29 is 13.2 Å². The Balaban J connectivity index is 1.85. The third-order valence-corrected chi connectivity index (χ3v) is 7.58. The molecule has 150 valence electrons. The molecule has 2 fully saturated rings. The molecule has 0 spiro atoms. The second-order valence-electron chi connectivity index (χ2n) is 8.10. The lowest BCUT2D eigenvalue weighted by atomic mass is 9.92. The number of sulfonamides is 1. The highest BCUT2D eigenvalue weighted by Gasteiger charge is 2.31. The average molecular weight is 394 g/mol. The van der Waals surface area contributed by atoms with Gasteiger partial charge in [-0.05, 0) is 56.2 Å². The maximum absolute atomic E-state index is 13.1. The van der Waals surface area contributed by atoms with Crippen molar-refractivity contribution in [2.45, 2.75) is 69.4 Å². The Labute approximate surface area is 162 Å². The molecular weight excluding hydrogens is 362 g/mol. The van der Waals surface area contributed by atoms with Gasteiger partial charge >= 0.3 is 0 Å². The van der Waals surface area contributed by atoms with Gasteiger partial charge in [-0.2, -0.15) is 0 Å². The van der Waals surface area contributed by atoms with Gasteiger partial charge < -0.3 is 10.6 Å². The summed E-state index contributed by atoms with van der Waals surface area (Å²) in [5.41, 5.74) is 6.96. The van der Waals surface area contributed by atoms with Crippen molar-refractivity contribution >= 4 is 15.9 Å². The Kier molecular flexibility index (Phi) is 6.23. The van der Waals surface area contributed by atoms with Crippen molar-refractivity contribution in [1.29, 1.82) is 0 Å². The number of amides is 1.